The fraction of sp³-hybridized carbons (Fsp3) is 0.424. The summed E-state index contributed by atoms with van der Waals surface area (Å²) in [6.45, 7) is 18.3. The molecule has 0 unspecified atom stereocenters. The summed E-state index contributed by atoms with van der Waals surface area (Å²) >= 11 is 1.40. The Balaban J connectivity index is 0.000000476. The van der Waals surface area contributed by atoms with Crippen molar-refractivity contribution in [2.45, 2.75) is 79.7 Å². The minimum Gasteiger partial charge on any atom is -0.398 e. The molecule has 6 nitrogen and oxygen atoms in total. The first-order valence-electron chi connectivity index (χ1n) is 14.2. The summed E-state index contributed by atoms with van der Waals surface area (Å²) in [6, 6.07) is 3.50. The second-order valence-corrected chi connectivity index (χ2v) is 11.2. The normalized spacial score (nSPS) is 13.0. The van der Waals surface area contributed by atoms with Gasteiger partial charge in [-0.1, -0.05) is 82.0 Å². The maximum absolute atomic E-state index is 13.0. The molecule has 2 aromatic rings. The monoisotopic (exact) mass is 599 g/mol. The zero-order chi connectivity index (χ0) is 31.9. The van der Waals surface area contributed by atoms with E-state index in [0.717, 1.165) is 65.4 Å². The van der Waals surface area contributed by atoms with Crippen molar-refractivity contribution in [3.63, 3.8) is 0 Å². The second kappa shape index (κ2) is 18.2. The number of anilines is 1. The Bertz CT molecular complexity index is 1330. The molecule has 2 rings (SSSR count). The van der Waals surface area contributed by atoms with Gasteiger partial charge in [-0.15, -0.1) is 0 Å². The maximum atomic E-state index is 13.0. The van der Waals surface area contributed by atoms with Gasteiger partial charge in [0.1, 0.15) is 12.4 Å². The predicted octanol–water partition coefficient (Wildman–Crippen LogP) is 8.61. The predicted molar refractivity (Wildman–Crippen MR) is 178 cm³/mol. The highest BCUT2D eigenvalue weighted by molar-refractivity contribution is 8.07. The largest absolute Gasteiger partial charge is 0.398 e. The van der Waals surface area contributed by atoms with Gasteiger partial charge in [-0.3, -0.25) is 14.5 Å². The number of alkyl halides is 2. The van der Waals surface area contributed by atoms with E-state index in [-0.39, 0.29) is 11.6 Å². The van der Waals surface area contributed by atoms with Gasteiger partial charge in [-0.05, 0) is 57.2 Å². The Morgan fingerprint density at radius 3 is 2.36 bits per heavy atom. The lowest BCUT2D eigenvalue weighted by Gasteiger charge is -2.14. The van der Waals surface area contributed by atoms with Gasteiger partial charge in [0, 0.05) is 35.5 Å². The minimum atomic E-state index is -2.90. The number of hydrogen-bond donors (Lipinski definition) is 2. The molecule has 0 radical (unpaired) electrons. The molecule has 1 aromatic carbocycles. The molecular weight excluding hydrogens is 552 g/mol. The Kier molecular flexibility index (Phi) is 15.8. The highest BCUT2D eigenvalue weighted by Crippen LogP contribution is 2.30. The van der Waals surface area contributed by atoms with Crippen LogP contribution in [-0.4, -0.2) is 33.9 Å². The molecule has 1 heterocycles. The van der Waals surface area contributed by atoms with Crippen LogP contribution in [0.1, 0.15) is 72.8 Å². The minimum absolute atomic E-state index is 0.0218. The molecule has 42 heavy (non-hydrogen) atoms. The van der Waals surface area contributed by atoms with E-state index in [1.807, 2.05) is 49.0 Å². The summed E-state index contributed by atoms with van der Waals surface area (Å²) in [5, 5.41) is 5.37. The van der Waals surface area contributed by atoms with E-state index >= 15 is 0 Å². The number of rotatable bonds is 15. The van der Waals surface area contributed by atoms with Crippen LogP contribution in [0.5, 0.6) is 0 Å². The first kappa shape index (κ1) is 36.6. The molecular formula is C33H47F2N5OS. The highest BCUT2D eigenvalue weighted by atomic mass is 32.2. The lowest BCUT2D eigenvalue weighted by molar-refractivity contribution is -0.112. The molecule has 4 N–H and O–H groups in total. The molecule has 0 saturated heterocycles. The van der Waals surface area contributed by atoms with Gasteiger partial charge in [-0.2, -0.15) is 5.10 Å². The Morgan fingerprint density at radius 1 is 1.21 bits per heavy atom. The topological polar surface area (TPSA) is 99.3 Å². The van der Waals surface area contributed by atoms with E-state index in [9.17, 15) is 13.6 Å². The second-order valence-electron chi connectivity index (χ2n) is 10.1. The van der Waals surface area contributed by atoms with Crippen LogP contribution in [0.2, 0.25) is 0 Å². The van der Waals surface area contributed by atoms with Gasteiger partial charge in [0.2, 0.25) is 0 Å². The molecule has 0 aliphatic heterocycles. The summed E-state index contributed by atoms with van der Waals surface area (Å²) in [5.41, 5.74) is 14.8. The first-order chi connectivity index (χ1) is 19.8. The molecule has 0 aliphatic rings. The third kappa shape index (κ3) is 12.2. The van der Waals surface area contributed by atoms with Crippen LogP contribution in [0, 0.1) is 5.92 Å². The molecule has 0 bridgehead atoms. The Morgan fingerprint density at radius 2 is 1.86 bits per heavy atom. The lowest BCUT2D eigenvalue weighted by Crippen LogP contribution is -2.21. The van der Waals surface area contributed by atoms with Gasteiger partial charge in [0.15, 0.2) is 5.78 Å². The number of nitrogen functional groups attached to an aromatic ring is 1. The summed E-state index contributed by atoms with van der Waals surface area (Å²) in [6.07, 6.45) is 15.8. The zero-order valence-corrected chi connectivity index (χ0v) is 26.7. The highest BCUT2D eigenvalue weighted by Gasteiger charge is 2.21. The number of nitrogens with two attached hydrogens (primary N) is 2. The summed E-state index contributed by atoms with van der Waals surface area (Å²) < 4.78 is 27.9. The van der Waals surface area contributed by atoms with Crippen LogP contribution >= 0.6 is 11.8 Å². The fourth-order valence-corrected chi connectivity index (χ4v) is 5.08. The van der Waals surface area contributed by atoms with Crippen molar-refractivity contribution in [3.05, 3.63) is 82.8 Å². The third-order valence-electron chi connectivity index (χ3n) is 6.31. The standard InChI is InChI=1S/C19H29F2N5.C14H18OS/c1-4-6-13(7-5-2)10-26-11-15-16(25-26)9-8-14(17(15)22)18(23)24-12-19(3,20)21;1-6-9-10-13(7-2)12(5)16-14(8-3)11(4)15/h8-9,11,13H,4-7,10,12,22H2,1-3H3,(H2,23,24);6-10H,1,5H2,2-4H3/b;10-9-,13-7+,14-8-. The molecule has 0 aliphatic carbocycles. The number of aliphatic imine (C=N–C) groups is 1. The van der Waals surface area contributed by atoms with Crippen LogP contribution in [0.25, 0.3) is 10.9 Å². The van der Waals surface area contributed by atoms with Crippen molar-refractivity contribution in [2.75, 3.05) is 12.3 Å². The average Bonchev–Trinajstić information content (AvgIpc) is 3.34. The van der Waals surface area contributed by atoms with E-state index in [1.165, 1.54) is 11.8 Å². The number of Topliss-reactive ketones (excluding diaryl/α,β-unsaturated/α-hetero) is 1. The van der Waals surface area contributed by atoms with Crippen LogP contribution in [0.4, 0.5) is 14.5 Å². The van der Waals surface area contributed by atoms with Crippen LogP contribution < -0.4 is 11.5 Å². The van der Waals surface area contributed by atoms with Crippen molar-refractivity contribution in [2.24, 2.45) is 16.6 Å². The SMILES string of the molecule is C=C/C=C\C(=C/C)C(=C)S/C(=C\C)C(C)=O.CCCC(CCC)Cn1cc2c(N)c(C(N)=NCC(C)(F)F)ccc2n1. The summed E-state index contributed by atoms with van der Waals surface area (Å²) in [7, 11) is 0. The number of benzene rings is 1. The fourth-order valence-electron chi connectivity index (χ4n) is 4.25. The average molecular weight is 600 g/mol. The van der Waals surface area contributed by atoms with E-state index < -0.39 is 12.5 Å². The lowest BCUT2D eigenvalue weighted by atomic mass is 9.98. The van der Waals surface area contributed by atoms with Crippen molar-refractivity contribution in [1.82, 2.24) is 9.78 Å². The van der Waals surface area contributed by atoms with Crippen LogP contribution in [0.15, 0.2) is 82.2 Å². The van der Waals surface area contributed by atoms with Crippen molar-refractivity contribution in [1.29, 1.82) is 0 Å². The number of amidine groups is 1. The zero-order valence-electron chi connectivity index (χ0n) is 25.9. The Labute approximate surface area is 254 Å². The molecule has 9 heteroatoms. The number of carbonyl (C=O) groups is 1. The first-order valence-corrected chi connectivity index (χ1v) is 15.1. The van der Waals surface area contributed by atoms with Crippen LogP contribution in [-0.2, 0) is 11.3 Å². The van der Waals surface area contributed by atoms with Crippen molar-refractivity contribution < 1.29 is 13.6 Å². The van der Waals surface area contributed by atoms with Gasteiger partial charge < -0.3 is 11.5 Å². The smallest absolute Gasteiger partial charge is 0.264 e. The van der Waals surface area contributed by atoms with Gasteiger partial charge >= 0.3 is 0 Å². The van der Waals surface area contributed by atoms with Crippen LogP contribution in [0.3, 0.4) is 0 Å². The molecule has 0 atom stereocenters. The molecule has 0 fully saturated rings. The molecule has 230 valence electrons. The number of ketones is 1. The third-order valence-corrected chi connectivity index (χ3v) is 7.53. The number of carbonyl (C=O) groups excluding carboxylic acids is 1. The van der Waals surface area contributed by atoms with Gasteiger partial charge in [-0.25, -0.2) is 8.78 Å². The van der Waals surface area contributed by atoms with Crippen molar-refractivity contribution >= 4 is 40.0 Å². The maximum Gasteiger partial charge on any atom is 0.264 e. The number of nitrogens with zero attached hydrogens (tertiary/aromatic N) is 3. The van der Waals surface area contributed by atoms with E-state index in [1.54, 1.807) is 25.1 Å². The Hall–Kier alpha value is -3.46. The van der Waals surface area contributed by atoms with Gasteiger partial charge in [0.25, 0.3) is 5.92 Å². The number of halogens is 2. The van der Waals surface area contributed by atoms with Gasteiger partial charge in [0.05, 0.1) is 16.1 Å². The van der Waals surface area contributed by atoms with E-state index in [4.69, 9.17) is 11.5 Å². The molecule has 1 aromatic heterocycles. The molecule has 0 spiro atoms. The van der Waals surface area contributed by atoms with E-state index in [2.05, 4.69) is 37.1 Å². The molecule has 0 saturated carbocycles. The summed E-state index contributed by atoms with van der Waals surface area (Å²) in [5.74, 6) is -2.23. The number of thioether (sulfide) groups is 1. The quantitative estimate of drug-likeness (QED) is 0.0702. The van der Waals surface area contributed by atoms with E-state index in [0.29, 0.717) is 17.2 Å². The molecule has 0 amide bonds. The van der Waals surface area contributed by atoms with Crippen molar-refractivity contribution in [3.8, 4) is 0 Å². The summed E-state index contributed by atoms with van der Waals surface area (Å²) in [4.78, 5) is 16.6. The number of hydrogen-bond acceptors (Lipinski definition) is 5. The number of fused-ring (bicyclic) bond motifs is 1. The number of allylic oxidation sites excluding steroid dienone is 7. The number of aromatic nitrogens is 2.